The first-order valence-electron chi connectivity index (χ1n) is 9.02. The van der Waals surface area contributed by atoms with Gasteiger partial charge in [0.1, 0.15) is 0 Å². The van der Waals surface area contributed by atoms with Gasteiger partial charge in [-0.2, -0.15) is 0 Å². The monoisotopic (exact) mass is 342 g/mol. The standard InChI is InChI=1S/C21H30N2O2/c1-16(20(24)18-10-5-3-6-11-18)22-14-9-15-23-17(2)21(25)19-12-7-4-8-13-19/h3-8,10-13,16-17,20-25H,9,14-15H2,1-2H3. The highest BCUT2D eigenvalue weighted by Crippen LogP contribution is 2.17. The molecule has 0 aliphatic heterocycles. The number of benzene rings is 2. The molecule has 0 aromatic heterocycles. The zero-order chi connectivity index (χ0) is 18.1. The molecule has 4 nitrogen and oxygen atoms in total. The van der Waals surface area contributed by atoms with E-state index in [0.717, 1.165) is 30.6 Å². The fourth-order valence-electron chi connectivity index (χ4n) is 2.85. The molecule has 0 amide bonds. The lowest BCUT2D eigenvalue weighted by Crippen LogP contribution is -2.36. The number of rotatable bonds is 10. The summed E-state index contributed by atoms with van der Waals surface area (Å²) >= 11 is 0. The summed E-state index contributed by atoms with van der Waals surface area (Å²) < 4.78 is 0. The minimum atomic E-state index is -0.506. The zero-order valence-corrected chi connectivity index (χ0v) is 15.1. The molecule has 4 N–H and O–H groups in total. The normalized spacial score (nSPS) is 16.2. The third-order valence-electron chi connectivity index (χ3n) is 4.52. The maximum atomic E-state index is 10.3. The highest BCUT2D eigenvalue weighted by molar-refractivity contribution is 5.19. The van der Waals surface area contributed by atoms with E-state index in [9.17, 15) is 10.2 Å². The summed E-state index contributed by atoms with van der Waals surface area (Å²) in [5, 5.41) is 27.4. The van der Waals surface area contributed by atoms with Crippen molar-refractivity contribution in [1.29, 1.82) is 0 Å². The van der Waals surface area contributed by atoms with Crippen LogP contribution in [-0.4, -0.2) is 35.4 Å². The van der Waals surface area contributed by atoms with Crippen LogP contribution in [0.3, 0.4) is 0 Å². The van der Waals surface area contributed by atoms with E-state index in [1.165, 1.54) is 0 Å². The van der Waals surface area contributed by atoms with Gasteiger partial charge in [0.25, 0.3) is 0 Å². The van der Waals surface area contributed by atoms with Gasteiger partial charge < -0.3 is 20.8 Å². The largest absolute Gasteiger partial charge is 0.387 e. The Bertz CT molecular complexity index is 538. The second-order valence-corrected chi connectivity index (χ2v) is 6.55. The minimum absolute atomic E-state index is 0.00488. The molecular formula is C21H30N2O2. The van der Waals surface area contributed by atoms with Crippen molar-refractivity contribution in [3.63, 3.8) is 0 Å². The number of nitrogens with one attached hydrogen (secondary N) is 2. The van der Waals surface area contributed by atoms with Gasteiger partial charge in [-0.25, -0.2) is 0 Å². The maximum Gasteiger partial charge on any atom is 0.0940 e. The SMILES string of the molecule is CC(NCCCNC(C)C(O)c1ccccc1)C(O)c1ccccc1. The van der Waals surface area contributed by atoms with E-state index in [1.807, 2.05) is 74.5 Å². The van der Waals surface area contributed by atoms with Crippen LogP contribution in [0.15, 0.2) is 60.7 Å². The van der Waals surface area contributed by atoms with Gasteiger partial charge in [0.2, 0.25) is 0 Å². The molecular weight excluding hydrogens is 312 g/mol. The Labute approximate surface area is 150 Å². The van der Waals surface area contributed by atoms with Crippen molar-refractivity contribution >= 4 is 0 Å². The van der Waals surface area contributed by atoms with Crippen molar-refractivity contribution in [3.05, 3.63) is 71.8 Å². The molecule has 0 heterocycles. The van der Waals surface area contributed by atoms with Gasteiger partial charge in [-0.05, 0) is 44.5 Å². The first-order valence-corrected chi connectivity index (χ1v) is 9.02. The molecule has 0 aliphatic rings. The lowest BCUT2D eigenvalue weighted by atomic mass is 10.0. The summed E-state index contributed by atoms with van der Waals surface area (Å²) in [6, 6.07) is 19.4. The molecule has 0 spiro atoms. The van der Waals surface area contributed by atoms with Gasteiger partial charge in [0, 0.05) is 12.1 Å². The topological polar surface area (TPSA) is 64.5 Å². The molecule has 2 rings (SSSR count). The van der Waals surface area contributed by atoms with Crippen molar-refractivity contribution in [1.82, 2.24) is 10.6 Å². The van der Waals surface area contributed by atoms with Gasteiger partial charge in [0.15, 0.2) is 0 Å². The highest BCUT2D eigenvalue weighted by Gasteiger charge is 2.16. The Morgan fingerprint density at radius 2 is 1.04 bits per heavy atom. The quantitative estimate of drug-likeness (QED) is 0.501. The second kappa shape index (κ2) is 10.3. The van der Waals surface area contributed by atoms with Crippen molar-refractivity contribution < 1.29 is 10.2 Å². The molecule has 0 bridgehead atoms. The van der Waals surface area contributed by atoms with E-state index in [4.69, 9.17) is 0 Å². The Morgan fingerprint density at radius 1 is 0.680 bits per heavy atom. The summed E-state index contributed by atoms with van der Waals surface area (Å²) in [4.78, 5) is 0. The van der Waals surface area contributed by atoms with Crippen LogP contribution in [0.25, 0.3) is 0 Å². The maximum absolute atomic E-state index is 10.3. The smallest absolute Gasteiger partial charge is 0.0940 e. The molecule has 0 radical (unpaired) electrons. The van der Waals surface area contributed by atoms with Crippen LogP contribution in [0.4, 0.5) is 0 Å². The number of hydrogen-bond donors (Lipinski definition) is 4. The van der Waals surface area contributed by atoms with Crippen LogP contribution >= 0.6 is 0 Å². The summed E-state index contributed by atoms with van der Waals surface area (Å²) in [5.41, 5.74) is 1.86. The van der Waals surface area contributed by atoms with Crippen LogP contribution in [0.5, 0.6) is 0 Å². The van der Waals surface area contributed by atoms with Crippen LogP contribution in [0, 0.1) is 0 Å². The van der Waals surface area contributed by atoms with Gasteiger partial charge in [-0.1, -0.05) is 60.7 Å². The Balaban J connectivity index is 1.64. The van der Waals surface area contributed by atoms with Crippen molar-refractivity contribution in [2.24, 2.45) is 0 Å². The molecule has 0 aliphatic carbocycles. The van der Waals surface area contributed by atoms with Crippen molar-refractivity contribution in [2.45, 2.75) is 44.6 Å². The third-order valence-corrected chi connectivity index (χ3v) is 4.52. The van der Waals surface area contributed by atoms with Gasteiger partial charge in [-0.3, -0.25) is 0 Å². The first kappa shape index (κ1) is 19.6. The predicted molar refractivity (Wildman–Crippen MR) is 102 cm³/mol. The molecule has 0 saturated heterocycles. The summed E-state index contributed by atoms with van der Waals surface area (Å²) in [7, 11) is 0. The molecule has 0 saturated carbocycles. The minimum Gasteiger partial charge on any atom is -0.387 e. The molecule has 0 fully saturated rings. The fourth-order valence-corrected chi connectivity index (χ4v) is 2.85. The molecule has 25 heavy (non-hydrogen) atoms. The van der Waals surface area contributed by atoms with E-state index in [1.54, 1.807) is 0 Å². The highest BCUT2D eigenvalue weighted by atomic mass is 16.3. The Morgan fingerprint density at radius 3 is 1.40 bits per heavy atom. The van der Waals surface area contributed by atoms with Crippen LogP contribution in [0.2, 0.25) is 0 Å². The Kier molecular flexibility index (Phi) is 8.09. The molecule has 2 aromatic carbocycles. The number of aliphatic hydroxyl groups excluding tert-OH is 2. The van der Waals surface area contributed by atoms with Crippen molar-refractivity contribution in [2.75, 3.05) is 13.1 Å². The second-order valence-electron chi connectivity index (χ2n) is 6.55. The molecule has 136 valence electrons. The molecule has 4 heteroatoms. The lowest BCUT2D eigenvalue weighted by Gasteiger charge is -2.22. The van der Waals surface area contributed by atoms with Crippen molar-refractivity contribution in [3.8, 4) is 0 Å². The molecule has 2 aromatic rings. The first-order chi connectivity index (χ1) is 12.1. The number of hydrogen-bond acceptors (Lipinski definition) is 4. The Hall–Kier alpha value is -1.72. The van der Waals surface area contributed by atoms with Gasteiger partial charge in [0.05, 0.1) is 12.2 Å². The van der Waals surface area contributed by atoms with Crippen LogP contribution < -0.4 is 10.6 Å². The van der Waals surface area contributed by atoms with Crippen LogP contribution in [-0.2, 0) is 0 Å². The summed E-state index contributed by atoms with van der Waals surface area (Å²) in [5.74, 6) is 0. The van der Waals surface area contributed by atoms with E-state index < -0.39 is 12.2 Å². The van der Waals surface area contributed by atoms with E-state index in [2.05, 4.69) is 10.6 Å². The predicted octanol–water partition coefficient (Wildman–Crippen LogP) is 2.80. The van der Waals surface area contributed by atoms with Crippen LogP contribution in [0.1, 0.15) is 43.6 Å². The summed E-state index contributed by atoms with van der Waals surface area (Å²) in [6.07, 6.45) is -0.0847. The van der Waals surface area contributed by atoms with Gasteiger partial charge in [-0.15, -0.1) is 0 Å². The zero-order valence-electron chi connectivity index (χ0n) is 15.1. The average molecular weight is 342 g/mol. The van der Waals surface area contributed by atoms with E-state index in [-0.39, 0.29) is 12.1 Å². The molecule has 4 unspecified atom stereocenters. The average Bonchev–Trinajstić information content (AvgIpc) is 2.67. The fraction of sp³-hybridized carbons (Fsp3) is 0.429. The summed E-state index contributed by atoms with van der Waals surface area (Å²) in [6.45, 7) is 5.61. The molecule has 4 atom stereocenters. The van der Waals surface area contributed by atoms with Gasteiger partial charge >= 0.3 is 0 Å². The third kappa shape index (κ3) is 6.25. The van der Waals surface area contributed by atoms with E-state index >= 15 is 0 Å². The van der Waals surface area contributed by atoms with E-state index in [0.29, 0.717) is 0 Å². The number of aliphatic hydroxyl groups is 2. The lowest BCUT2D eigenvalue weighted by molar-refractivity contribution is 0.132.